The molecule has 0 spiro atoms. The number of benzene rings is 2. The van der Waals surface area contributed by atoms with Crippen molar-refractivity contribution in [3.05, 3.63) is 46.4 Å². The predicted octanol–water partition coefficient (Wildman–Crippen LogP) is 4.78. The van der Waals surface area contributed by atoms with Gasteiger partial charge in [-0.3, -0.25) is 4.57 Å². The third-order valence-electron chi connectivity index (χ3n) is 7.50. The van der Waals surface area contributed by atoms with Gasteiger partial charge in [0, 0.05) is 43.2 Å². The molecule has 2 aliphatic heterocycles. The van der Waals surface area contributed by atoms with Gasteiger partial charge in [-0.2, -0.15) is 0 Å². The van der Waals surface area contributed by atoms with Crippen LogP contribution in [-0.4, -0.2) is 64.3 Å². The number of hydrogen-bond donors (Lipinski definition) is 0. The summed E-state index contributed by atoms with van der Waals surface area (Å²) in [5, 5.41) is 9.40. The van der Waals surface area contributed by atoms with E-state index in [1.165, 1.54) is 5.56 Å². The van der Waals surface area contributed by atoms with Crippen LogP contribution in [0.25, 0.3) is 22.7 Å². The van der Waals surface area contributed by atoms with Crippen LogP contribution in [0, 0.1) is 0 Å². The lowest BCUT2D eigenvalue weighted by atomic mass is 9.98. The molecule has 6 rings (SSSR count). The van der Waals surface area contributed by atoms with E-state index < -0.39 is 0 Å². The van der Waals surface area contributed by atoms with Gasteiger partial charge in [-0.05, 0) is 55.2 Å². The smallest absolute Gasteiger partial charge is 0.227 e. The summed E-state index contributed by atoms with van der Waals surface area (Å²) in [5.41, 5.74) is 3.19. The third-order valence-corrected chi connectivity index (χ3v) is 7.99. The fourth-order valence-electron chi connectivity index (χ4n) is 5.51. The lowest BCUT2D eigenvalue weighted by Crippen LogP contribution is -2.26. The SMILES string of the molecule is COc1cc(OC)cc(C2CCN(c3nnc(-c4nc5cc(Br)ccc5n4C)n3CC3CCCO3)C2)c1. The van der Waals surface area contributed by atoms with Crippen LogP contribution in [0.4, 0.5) is 5.95 Å². The Labute approximate surface area is 224 Å². The Morgan fingerprint density at radius 3 is 2.57 bits per heavy atom. The Morgan fingerprint density at radius 1 is 1.03 bits per heavy atom. The monoisotopic (exact) mass is 566 g/mol. The van der Waals surface area contributed by atoms with Crippen molar-refractivity contribution >= 4 is 32.9 Å². The average Bonchev–Trinajstić information content (AvgIpc) is 3.71. The molecule has 194 valence electrons. The maximum absolute atomic E-state index is 6.03. The summed E-state index contributed by atoms with van der Waals surface area (Å²) >= 11 is 3.57. The molecule has 9 nitrogen and oxygen atoms in total. The highest BCUT2D eigenvalue weighted by atomic mass is 79.9. The molecular weight excluding hydrogens is 536 g/mol. The Balaban J connectivity index is 1.35. The van der Waals surface area contributed by atoms with Gasteiger partial charge in [-0.1, -0.05) is 15.9 Å². The van der Waals surface area contributed by atoms with Crippen molar-refractivity contribution in [2.24, 2.45) is 7.05 Å². The topological polar surface area (TPSA) is 79.5 Å². The molecule has 2 unspecified atom stereocenters. The first kappa shape index (κ1) is 24.2. The van der Waals surface area contributed by atoms with Crippen LogP contribution in [0.2, 0.25) is 0 Å². The Hall–Kier alpha value is -3.11. The number of halogens is 1. The Morgan fingerprint density at radius 2 is 1.84 bits per heavy atom. The maximum Gasteiger partial charge on any atom is 0.227 e. The van der Waals surface area contributed by atoms with Crippen LogP contribution in [0.1, 0.15) is 30.7 Å². The van der Waals surface area contributed by atoms with Crippen molar-refractivity contribution in [2.75, 3.05) is 38.8 Å². The molecule has 4 aromatic rings. The van der Waals surface area contributed by atoms with Crippen LogP contribution in [0.15, 0.2) is 40.9 Å². The quantitative estimate of drug-likeness (QED) is 0.318. The molecule has 4 heterocycles. The highest BCUT2D eigenvalue weighted by Crippen LogP contribution is 2.36. The Kier molecular flexibility index (Phi) is 6.54. The highest BCUT2D eigenvalue weighted by molar-refractivity contribution is 9.10. The fourth-order valence-corrected chi connectivity index (χ4v) is 5.86. The van der Waals surface area contributed by atoms with Gasteiger partial charge in [0.2, 0.25) is 11.8 Å². The standard InChI is InChI=1S/C27H31BrN6O3/c1-32-24-7-6-19(28)13-23(24)29-25(32)26-30-31-27(34(26)16-20-5-4-10-37-20)33-9-8-17(15-33)18-11-21(35-2)14-22(12-18)36-3/h6-7,11-14,17,20H,4-5,8-10,15-16H2,1-3H3. The van der Waals surface area contributed by atoms with Crippen LogP contribution in [-0.2, 0) is 18.3 Å². The van der Waals surface area contributed by atoms with E-state index in [1.807, 2.05) is 25.2 Å². The molecule has 0 N–H and O–H groups in total. The lowest BCUT2D eigenvalue weighted by molar-refractivity contribution is 0.0975. The molecule has 2 aromatic carbocycles. The normalized spacial score (nSPS) is 19.7. The summed E-state index contributed by atoms with van der Waals surface area (Å²) in [6.45, 7) is 3.25. The van der Waals surface area contributed by atoms with E-state index in [1.54, 1.807) is 14.2 Å². The molecule has 2 fully saturated rings. The van der Waals surface area contributed by atoms with Crippen molar-refractivity contribution in [3.63, 3.8) is 0 Å². The molecular formula is C27H31BrN6O3. The molecule has 0 saturated carbocycles. The number of hydrogen-bond acceptors (Lipinski definition) is 7. The van der Waals surface area contributed by atoms with E-state index in [0.717, 1.165) is 83.6 Å². The predicted molar refractivity (Wildman–Crippen MR) is 146 cm³/mol. The zero-order chi connectivity index (χ0) is 25.5. The van der Waals surface area contributed by atoms with Crippen LogP contribution in [0.3, 0.4) is 0 Å². The van der Waals surface area contributed by atoms with Crippen molar-refractivity contribution in [2.45, 2.75) is 37.8 Å². The molecule has 10 heteroatoms. The number of nitrogens with zero attached hydrogens (tertiary/aromatic N) is 6. The molecule has 0 radical (unpaired) electrons. The second-order valence-corrected chi connectivity index (χ2v) is 10.7. The van der Waals surface area contributed by atoms with Gasteiger partial charge in [0.1, 0.15) is 11.5 Å². The number of imidazole rings is 1. The van der Waals surface area contributed by atoms with E-state index in [2.05, 4.69) is 53.3 Å². The summed E-state index contributed by atoms with van der Waals surface area (Å²) in [7, 11) is 5.41. The van der Waals surface area contributed by atoms with Gasteiger partial charge in [-0.25, -0.2) is 4.98 Å². The molecule has 2 aliphatic rings. The zero-order valence-electron chi connectivity index (χ0n) is 21.4. The highest BCUT2D eigenvalue weighted by Gasteiger charge is 2.31. The summed E-state index contributed by atoms with van der Waals surface area (Å²) < 4.78 is 22.4. The van der Waals surface area contributed by atoms with Gasteiger partial charge in [0.25, 0.3) is 0 Å². The molecule has 0 bridgehead atoms. The molecule has 2 saturated heterocycles. The minimum Gasteiger partial charge on any atom is -0.497 e. The van der Waals surface area contributed by atoms with Gasteiger partial charge in [0.15, 0.2) is 5.82 Å². The number of ether oxygens (including phenoxy) is 3. The van der Waals surface area contributed by atoms with Crippen molar-refractivity contribution in [3.8, 4) is 23.1 Å². The lowest BCUT2D eigenvalue weighted by Gasteiger charge is -2.21. The van der Waals surface area contributed by atoms with E-state index in [0.29, 0.717) is 12.5 Å². The summed E-state index contributed by atoms with van der Waals surface area (Å²) in [5.74, 6) is 4.41. The van der Waals surface area contributed by atoms with Gasteiger partial charge in [-0.15, -0.1) is 10.2 Å². The fraction of sp³-hybridized carbons (Fsp3) is 0.444. The number of aromatic nitrogens is 5. The zero-order valence-corrected chi connectivity index (χ0v) is 22.9. The average molecular weight is 567 g/mol. The summed E-state index contributed by atoms with van der Waals surface area (Å²) in [4.78, 5) is 7.28. The van der Waals surface area contributed by atoms with Crippen molar-refractivity contribution in [1.29, 1.82) is 0 Å². The third kappa shape index (κ3) is 4.57. The molecule has 37 heavy (non-hydrogen) atoms. The molecule has 0 aliphatic carbocycles. The van der Waals surface area contributed by atoms with Crippen LogP contribution >= 0.6 is 15.9 Å². The van der Waals surface area contributed by atoms with E-state index in [4.69, 9.17) is 24.3 Å². The number of rotatable bonds is 7. The van der Waals surface area contributed by atoms with E-state index in [-0.39, 0.29) is 6.10 Å². The van der Waals surface area contributed by atoms with Crippen LogP contribution < -0.4 is 14.4 Å². The van der Waals surface area contributed by atoms with Crippen molar-refractivity contribution in [1.82, 2.24) is 24.3 Å². The first-order valence-corrected chi connectivity index (χ1v) is 13.5. The molecule has 2 aromatic heterocycles. The van der Waals surface area contributed by atoms with Gasteiger partial charge >= 0.3 is 0 Å². The van der Waals surface area contributed by atoms with Crippen LogP contribution in [0.5, 0.6) is 11.5 Å². The number of methoxy groups -OCH3 is 2. The Bertz CT molecular complexity index is 1410. The van der Waals surface area contributed by atoms with Gasteiger partial charge < -0.3 is 23.7 Å². The number of fused-ring (bicyclic) bond motifs is 1. The van der Waals surface area contributed by atoms with Gasteiger partial charge in [0.05, 0.1) is 37.9 Å². The minimum atomic E-state index is 0.151. The second-order valence-electron chi connectivity index (χ2n) is 9.77. The molecule has 2 atom stereocenters. The molecule has 0 amide bonds. The summed E-state index contributed by atoms with van der Waals surface area (Å²) in [6, 6.07) is 12.3. The number of anilines is 1. The van der Waals surface area contributed by atoms with E-state index in [9.17, 15) is 0 Å². The number of aryl methyl sites for hydroxylation is 1. The minimum absolute atomic E-state index is 0.151. The second kappa shape index (κ2) is 9.98. The summed E-state index contributed by atoms with van der Waals surface area (Å²) in [6.07, 6.45) is 3.29. The largest absolute Gasteiger partial charge is 0.497 e. The first-order chi connectivity index (χ1) is 18.0. The van der Waals surface area contributed by atoms with E-state index >= 15 is 0 Å². The van der Waals surface area contributed by atoms with Crippen molar-refractivity contribution < 1.29 is 14.2 Å². The first-order valence-electron chi connectivity index (χ1n) is 12.7. The maximum atomic E-state index is 6.03.